The first-order chi connectivity index (χ1) is 23.7. The quantitative estimate of drug-likeness (QED) is 0.245. The van der Waals surface area contributed by atoms with E-state index in [0.29, 0.717) is 29.0 Å². The van der Waals surface area contributed by atoms with Crippen LogP contribution in [-0.4, -0.2) is 51.8 Å². The number of allylic oxidation sites excluding steroid dienone is 2. The van der Waals surface area contributed by atoms with Gasteiger partial charge in [0.25, 0.3) is 11.8 Å². The largest absolute Gasteiger partial charge is 0.508 e. The number of benzene rings is 3. The predicted octanol–water partition coefficient (Wildman–Crippen LogP) is 6.03. The molecule has 4 amide bonds. The number of likely N-dealkylation sites (tertiary alicyclic amines) is 1. The highest BCUT2D eigenvalue weighted by atomic mass is 16.5. The van der Waals surface area contributed by atoms with Gasteiger partial charge in [-0.15, -0.1) is 0 Å². The van der Waals surface area contributed by atoms with E-state index in [4.69, 9.17) is 4.74 Å². The van der Waals surface area contributed by atoms with Crippen molar-refractivity contribution in [3.63, 3.8) is 0 Å². The zero-order valence-electron chi connectivity index (χ0n) is 27.8. The molecule has 4 fully saturated rings. The Labute approximate surface area is 285 Å². The molecule has 0 spiro atoms. The highest BCUT2D eigenvalue weighted by molar-refractivity contribution is 6.13. The summed E-state index contributed by atoms with van der Waals surface area (Å²) in [5.41, 5.74) is 5.20. The number of rotatable bonds is 6. The molecule has 9 heteroatoms. The number of ether oxygens (including phenoxy) is 1. The van der Waals surface area contributed by atoms with Gasteiger partial charge in [-0.2, -0.15) is 5.01 Å². The molecule has 0 bridgehead atoms. The molecule has 3 aliphatic carbocycles. The van der Waals surface area contributed by atoms with Gasteiger partial charge in [-0.1, -0.05) is 78.9 Å². The van der Waals surface area contributed by atoms with Crippen LogP contribution >= 0.6 is 0 Å². The number of nitrogens with one attached hydrogen (secondary N) is 1. The van der Waals surface area contributed by atoms with Crippen molar-refractivity contribution in [1.82, 2.24) is 9.91 Å². The van der Waals surface area contributed by atoms with E-state index in [2.05, 4.69) is 5.43 Å². The maximum Gasteiger partial charge on any atom is 0.260 e. The predicted molar refractivity (Wildman–Crippen MR) is 182 cm³/mol. The fourth-order valence-corrected chi connectivity index (χ4v) is 9.71. The molecule has 3 aromatic carbocycles. The van der Waals surface area contributed by atoms with Gasteiger partial charge in [0.1, 0.15) is 11.5 Å². The van der Waals surface area contributed by atoms with Crippen molar-refractivity contribution < 1.29 is 29.0 Å². The first-order valence-electron chi connectivity index (χ1n) is 17.5. The van der Waals surface area contributed by atoms with Crippen LogP contribution in [0.4, 0.5) is 5.69 Å². The van der Waals surface area contributed by atoms with Gasteiger partial charge in [-0.05, 0) is 74.4 Å². The van der Waals surface area contributed by atoms with Gasteiger partial charge in [0, 0.05) is 17.5 Å². The summed E-state index contributed by atoms with van der Waals surface area (Å²) in [6.45, 7) is 1.97. The molecule has 2 heterocycles. The first-order valence-corrected chi connectivity index (χ1v) is 17.5. The molecule has 0 radical (unpaired) electrons. The molecule has 0 aromatic heterocycles. The fraction of sp³-hybridized carbons (Fsp3) is 0.400. The van der Waals surface area contributed by atoms with Crippen LogP contribution in [0, 0.1) is 30.6 Å². The number of aromatic hydroxyl groups is 1. The lowest BCUT2D eigenvalue weighted by atomic mass is 9.49. The Morgan fingerprint density at radius 1 is 0.857 bits per heavy atom. The van der Waals surface area contributed by atoms with E-state index in [1.54, 1.807) is 30.2 Å². The van der Waals surface area contributed by atoms with Crippen LogP contribution in [-0.2, 0) is 24.6 Å². The molecule has 3 aromatic rings. The summed E-state index contributed by atoms with van der Waals surface area (Å²) < 4.78 is 5.62. The molecule has 8 rings (SSSR count). The minimum absolute atomic E-state index is 0.0358. The molecular weight excluding hydrogens is 618 g/mol. The Hall–Kier alpha value is -4.92. The molecule has 9 nitrogen and oxygen atoms in total. The topological polar surface area (TPSA) is 116 Å². The van der Waals surface area contributed by atoms with E-state index in [1.807, 2.05) is 67.6 Å². The van der Waals surface area contributed by atoms with Crippen LogP contribution in [0.5, 0.6) is 11.5 Å². The molecule has 5 aliphatic rings. The average molecular weight is 660 g/mol. The van der Waals surface area contributed by atoms with Crippen molar-refractivity contribution in [1.29, 1.82) is 0 Å². The van der Waals surface area contributed by atoms with Crippen molar-refractivity contribution in [2.24, 2.45) is 23.7 Å². The van der Waals surface area contributed by atoms with Crippen molar-refractivity contribution >= 4 is 29.3 Å². The first kappa shape index (κ1) is 31.4. The number of anilines is 1. The van der Waals surface area contributed by atoms with Crippen LogP contribution in [0.25, 0.3) is 0 Å². The lowest BCUT2D eigenvalue weighted by Crippen LogP contribution is -2.53. The van der Waals surface area contributed by atoms with Gasteiger partial charge in [0.15, 0.2) is 0 Å². The normalized spacial score (nSPS) is 29.8. The van der Waals surface area contributed by atoms with E-state index in [1.165, 1.54) is 0 Å². The number of carbonyl (C=O) groups excluding carboxylic acids is 4. The van der Waals surface area contributed by atoms with Crippen molar-refractivity contribution in [2.45, 2.75) is 69.2 Å². The van der Waals surface area contributed by atoms with Gasteiger partial charge in [0.2, 0.25) is 11.8 Å². The Kier molecular flexibility index (Phi) is 7.61. The molecule has 6 unspecified atom stereocenters. The molecule has 6 atom stereocenters. The Balaban J connectivity index is 1.32. The summed E-state index contributed by atoms with van der Waals surface area (Å²) in [6, 6.07) is 21.6. The number of hydrogen-bond acceptors (Lipinski definition) is 7. The SMILES string of the molecule is COc1ccc(O)c(C2C3=CCC4C(=O)N(C5CCCCC5)C(=O)C4C3CC3C(=O)N(Nc4ccc(C)cc4)C(=O)C32c2ccccc2)c1. The third kappa shape index (κ3) is 4.65. The van der Waals surface area contributed by atoms with Gasteiger partial charge in [0.05, 0.1) is 36.0 Å². The van der Waals surface area contributed by atoms with Gasteiger partial charge in [-0.3, -0.25) is 29.5 Å². The smallest absolute Gasteiger partial charge is 0.260 e. The number of phenolic OH excluding ortho intramolecular Hbond substituents is 1. The molecule has 2 saturated heterocycles. The monoisotopic (exact) mass is 659 g/mol. The number of methoxy groups -OCH3 is 1. The number of aryl methyl sites for hydroxylation is 1. The zero-order valence-corrected chi connectivity index (χ0v) is 27.8. The van der Waals surface area contributed by atoms with Crippen molar-refractivity contribution in [3.05, 3.63) is 101 Å². The standard InChI is InChI=1S/C40H41N3O6/c1-23-13-15-25(16-14-23)41-43-37(46)32-22-30-28(18-19-29-34(30)38(47)42(36(29)45)26-11-7-4-8-12-26)35(31-21-27(49-2)17-20-33(31)44)40(32,39(43)48)24-9-5-3-6-10-24/h3,5-6,9-10,13-18,20-21,26,29-30,32,34-35,41,44H,4,7-8,11-12,19,22H2,1-2H3. The average Bonchev–Trinajstić information content (AvgIpc) is 3.51. The summed E-state index contributed by atoms with van der Waals surface area (Å²) in [5.74, 6) is -3.98. The lowest BCUT2D eigenvalue weighted by molar-refractivity contribution is -0.144. The maximum absolute atomic E-state index is 15.2. The number of amides is 4. The second-order valence-electron chi connectivity index (χ2n) is 14.4. The van der Waals surface area contributed by atoms with Crippen LogP contribution in [0.3, 0.4) is 0 Å². The van der Waals surface area contributed by atoms with Crippen LogP contribution in [0.2, 0.25) is 0 Å². The highest BCUT2D eigenvalue weighted by Gasteiger charge is 2.70. The number of phenols is 1. The Morgan fingerprint density at radius 2 is 1.59 bits per heavy atom. The molecule has 252 valence electrons. The summed E-state index contributed by atoms with van der Waals surface area (Å²) in [5, 5.41) is 12.7. The summed E-state index contributed by atoms with van der Waals surface area (Å²) in [6.07, 6.45) is 7.31. The van der Waals surface area contributed by atoms with Crippen LogP contribution < -0.4 is 10.2 Å². The minimum atomic E-state index is -1.45. The Morgan fingerprint density at radius 3 is 2.31 bits per heavy atom. The van der Waals surface area contributed by atoms with Crippen molar-refractivity contribution in [3.8, 4) is 11.5 Å². The minimum Gasteiger partial charge on any atom is -0.508 e. The third-order valence-electron chi connectivity index (χ3n) is 11.9. The fourth-order valence-electron chi connectivity index (χ4n) is 9.71. The van der Waals surface area contributed by atoms with Gasteiger partial charge < -0.3 is 9.84 Å². The summed E-state index contributed by atoms with van der Waals surface area (Å²) in [4.78, 5) is 60.0. The highest BCUT2D eigenvalue weighted by Crippen LogP contribution is 2.65. The van der Waals surface area contributed by atoms with Gasteiger partial charge in [-0.25, -0.2) is 0 Å². The Bertz CT molecular complexity index is 1870. The number of hydrazine groups is 1. The maximum atomic E-state index is 15.2. The van der Waals surface area contributed by atoms with Crippen LogP contribution in [0.15, 0.2) is 84.4 Å². The van der Waals surface area contributed by atoms with E-state index in [0.717, 1.165) is 48.2 Å². The molecular formula is C40H41N3O6. The number of hydrogen-bond donors (Lipinski definition) is 2. The number of carbonyl (C=O) groups is 4. The molecule has 2 N–H and O–H groups in total. The molecule has 2 aliphatic heterocycles. The molecule has 49 heavy (non-hydrogen) atoms. The van der Waals surface area contributed by atoms with Crippen LogP contribution in [0.1, 0.15) is 67.6 Å². The van der Waals surface area contributed by atoms with E-state index in [9.17, 15) is 19.5 Å². The lowest BCUT2D eigenvalue weighted by Gasteiger charge is -2.50. The summed E-state index contributed by atoms with van der Waals surface area (Å²) in [7, 11) is 1.54. The van der Waals surface area contributed by atoms with E-state index >= 15 is 4.79 Å². The number of fused-ring (bicyclic) bond motifs is 4. The van der Waals surface area contributed by atoms with E-state index in [-0.39, 0.29) is 30.0 Å². The summed E-state index contributed by atoms with van der Waals surface area (Å²) >= 11 is 0. The number of imide groups is 2. The van der Waals surface area contributed by atoms with Gasteiger partial charge >= 0.3 is 0 Å². The second-order valence-corrected chi connectivity index (χ2v) is 14.4. The third-order valence-corrected chi connectivity index (χ3v) is 11.9. The second kappa shape index (κ2) is 11.9. The molecule has 2 saturated carbocycles. The number of nitrogens with zero attached hydrogens (tertiary/aromatic N) is 2. The van der Waals surface area contributed by atoms with Crippen molar-refractivity contribution in [2.75, 3.05) is 12.5 Å². The van der Waals surface area contributed by atoms with E-state index < -0.39 is 46.8 Å². The zero-order chi connectivity index (χ0) is 34.0.